The van der Waals surface area contributed by atoms with Crippen LogP contribution < -0.4 is 0 Å². The van der Waals surface area contributed by atoms with E-state index in [0.717, 1.165) is 0 Å². The minimum Gasteiger partial charge on any atom is -0.464 e. The molecule has 3 rings (SSSR count). The number of oxime groups is 1. The number of esters is 1. The molecule has 0 atom stereocenters. The number of nitrogens with zero attached hydrogens (tertiary/aromatic N) is 3. The number of ether oxygens (including phenoxy) is 1. The van der Waals surface area contributed by atoms with Crippen molar-refractivity contribution in [2.75, 3.05) is 7.11 Å². The first-order valence-corrected chi connectivity index (χ1v) is 8.30. The van der Waals surface area contributed by atoms with Crippen molar-refractivity contribution in [1.29, 1.82) is 0 Å². The number of carbonyl (C=O) groups excluding carboxylic acids is 1. The quantitative estimate of drug-likeness (QED) is 0.364. The maximum atomic E-state index is 13.2. The number of benzene rings is 2. The Bertz CT molecular complexity index is 974. The highest BCUT2D eigenvalue weighted by Crippen LogP contribution is 2.23. The van der Waals surface area contributed by atoms with Gasteiger partial charge in [0, 0.05) is 0 Å². The fraction of sp³-hybridized carbons (Fsp3) is 0.105. The van der Waals surface area contributed by atoms with Crippen molar-refractivity contribution < 1.29 is 18.8 Å². The average molecular weight is 388 g/mol. The zero-order valence-electron chi connectivity index (χ0n) is 14.3. The Labute approximate surface area is 159 Å². The third-order valence-electron chi connectivity index (χ3n) is 3.62. The SMILES string of the molecule is COC(=O)c1nn(-c2ccccc2)c(Cl)c1/C=N/OCc1cccc(F)c1. The van der Waals surface area contributed by atoms with E-state index in [-0.39, 0.29) is 28.8 Å². The molecule has 1 aromatic heterocycles. The summed E-state index contributed by atoms with van der Waals surface area (Å²) in [5.41, 5.74) is 1.55. The van der Waals surface area contributed by atoms with Gasteiger partial charge in [-0.2, -0.15) is 5.10 Å². The Balaban J connectivity index is 1.84. The van der Waals surface area contributed by atoms with Crippen LogP contribution in [0.4, 0.5) is 4.39 Å². The van der Waals surface area contributed by atoms with Gasteiger partial charge in [-0.3, -0.25) is 0 Å². The Morgan fingerprint density at radius 1 is 1.26 bits per heavy atom. The van der Waals surface area contributed by atoms with Crippen LogP contribution in [-0.2, 0) is 16.2 Å². The van der Waals surface area contributed by atoms with Gasteiger partial charge in [0.1, 0.15) is 17.6 Å². The minimum absolute atomic E-state index is 0.00413. The second kappa shape index (κ2) is 8.46. The average Bonchev–Trinajstić information content (AvgIpc) is 3.02. The molecule has 6 nitrogen and oxygen atoms in total. The third kappa shape index (κ3) is 4.32. The van der Waals surface area contributed by atoms with E-state index in [1.54, 1.807) is 24.3 Å². The van der Waals surface area contributed by atoms with Gasteiger partial charge in [0.05, 0.1) is 24.6 Å². The summed E-state index contributed by atoms with van der Waals surface area (Å²) >= 11 is 6.38. The van der Waals surface area contributed by atoms with Crippen LogP contribution in [0.15, 0.2) is 59.8 Å². The summed E-state index contributed by atoms with van der Waals surface area (Å²) in [6, 6.07) is 15.0. The van der Waals surface area contributed by atoms with Gasteiger partial charge in [0.25, 0.3) is 0 Å². The van der Waals surface area contributed by atoms with E-state index in [2.05, 4.69) is 10.3 Å². The van der Waals surface area contributed by atoms with Crippen LogP contribution >= 0.6 is 11.6 Å². The van der Waals surface area contributed by atoms with Crippen LogP contribution in [0.25, 0.3) is 5.69 Å². The normalized spacial score (nSPS) is 10.9. The van der Waals surface area contributed by atoms with E-state index in [1.165, 1.54) is 30.1 Å². The summed E-state index contributed by atoms with van der Waals surface area (Å²) in [6.45, 7) is 0.0618. The second-order valence-corrected chi connectivity index (χ2v) is 5.79. The molecule has 0 N–H and O–H groups in total. The molecule has 27 heavy (non-hydrogen) atoms. The fourth-order valence-electron chi connectivity index (χ4n) is 2.34. The van der Waals surface area contributed by atoms with Crippen LogP contribution in [-0.4, -0.2) is 29.1 Å². The molecule has 0 unspecified atom stereocenters. The fourth-order valence-corrected chi connectivity index (χ4v) is 2.61. The van der Waals surface area contributed by atoms with Gasteiger partial charge in [-0.05, 0) is 29.8 Å². The first-order valence-electron chi connectivity index (χ1n) is 7.92. The number of carbonyl (C=O) groups is 1. The second-order valence-electron chi connectivity index (χ2n) is 5.43. The van der Waals surface area contributed by atoms with Crippen LogP contribution in [0.5, 0.6) is 0 Å². The lowest BCUT2D eigenvalue weighted by molar-refractivity contribution is 0.0593. The smallest absolute Gasteiger partial charge is 0.359 e. The van der Waals surface area contributed by atoms with Crippen molar-refractivity contribution in [3.8, 4) is 5.69 Å². The first kappa shape index (κ1) is 18.6. The topological polar surface area (TPSA) is 65.7 Å². The number of halogens is 2. The monoisotopic (exact) mass is 387 g/mol. The number of methoxy groups -OCH3 is 1. The number of hydrogen-bond donors (Lipinski definition) is 0. The molecule has 138 valence electrons. The molecule has 0 spiro atoms. The van der Waals surface area contributed by atoms with Gasteiger partial charge in [-0.25, -0.2) is 13.9 Å². The zero-order chi connectivity index (χ0) is 19.2. The molecular weight excluding hydrogens is 373 g/mol. The molecule has 0 aliphatic heterocycles. The molecule has 0 fully saturated rings. The number of rotatable bonds is 6. The molecule has 0 amide bonds. The van der Waals surface area contributed by atoms with Gasteiger partial charge in [0.2, 0.25) is 0 Å². The highest BCUT2D eigenvalue weighted by atomic mass is 35.5. The van der Waals surface area contributed by atoms with Gasteiger partial charge in [-0.15, -0.1) is 0 Å². The lowest BCUT2D eigenvalue weighted by Crippen LogP contribution is -2.06. The molecule has 3 aromatic rings. The number of para-hydroxylation sites is 1. The summed E-state index contributed by atoms with van der Waals surface area (Å²) in [5, 5.41) is 8.21. The van der Waals surface area contributed by atoms with Crippen LogP contribution in [0, 0.1) is 5.82 Å². The Hall–Kier alpha value is -3.19. The van der Waals surface area contributed by atoms with Crippen LogP contribution in [0.2, 0.25) is 5.15 Å². The summed E-state index contributed by atoms with van der Waals surface area (Å²) in [6.07, 6.45) is 1.28. The van der Waals surface area contributed by atoms with Gasteiger partial charge >= 0.3 is 5.97 Å². The predicted molar refractivity (Wildman–Crippen MR) is 98.7 cm³/mol. The van der Waals surface area contributed by atoms with Gasteiger partial charge in [-0.1, -0.05) is 47.1 Å². The van der Waals surface area contributed by atoms with E-state index >= 15 is 0 Å². The van der Waals surface area contributed by atoms with E-state index < -0.39 is 5.97 Å². The molecule has 1 heterocycles. The molecule has 0 aliphatic carbocycles. The molecule has 0 bridgehead atoms. The van der Waals surface area contributed by atoms with Crippen molar-refractivity contribution in [2.45, 2.75) is 6.61 Å². The molecule has 0 aliphatic rings. The van der Waals surface area contributed by atoms with Crippen molar-refractivity contribution in [3.63, 3.8) is 0 Å². The van der Waals surface area contributed by atoms with Crippen LogP contribution in [0.1, 0.15) is 21.6 Å². The largest absolute Gasteiger partial charge is 0.464 e. The summed E-state index contributed by atoms with van der Waals surface area (Å²) in [7, 11) is 1.25. The van der Waals surface area contributed by atoms with Gasteiger partial charge in [0.15, 0.2) is 5.69 Å². The van der Waals surface area contributed by atoms with E-state index in [4.69, 9.17) is 21.2 Å². The first-order chi connectivity index (χ1) is 13.1. The predicted octanol–water partition coefficient (Wildman–Crippen LogP) is 4.00. The lowest BCUT2D eigenvalue weighted by atomic mass is 10.2. The molecule has 0 saturated carbocycles. The highest BCUT2D eigenvalue weighted by Gasteiger charge is 2.22. The molecule has 2 aromatic carbocycles. The molecule has 8 heteroatoms. The summed E-state index contributed by atoms with van der Waals surface area (Å²) in [4.78, 5) is 17.2. The van der Waals surface area contributed by atoms with Crippen LogP contribution in [0.3, 0.4) is 0 Å². The Morgan fingerprint density at radius 2 is 2.04 bits per heavy atom. The van der Waals surface area contributed by atoms with Crippen molar-refractivity contribution in [3.05, 3.63) is 82.4 Å². The molecular formula is C19H15ClFN3O3. The maximum Gasteiger partial charge on any atom is 0.359 e. The third-order valence-corrected chi connectivity index (χ3v) is 3.98. The number of aromatic nitrogens is 2. The van der Waals surface area contributed by atoms with E-state index in [1.807, 2.05) is 18.2 Å². The zero-order valence-corrected chi connectivity index (χ0v) is 15.1. The Kier molecular flexibility index (Phi) is 5.83. The highest BCUT2D eigenvalue weighted by molar-refractivity contribution is 6.33. The van der Waals surface area contributed by atoms with E-state index in [0.29, 0.717) is 11.3 Å². The molecule has 0 saturated heterocycles. The summed E-state index contributed by atoms with van der Waals surface area (Å²) in [5.74, 6) is -1.02. The lowest BCUT2D eigenvalue weighted by Gasteiger charge is -2.02. The van der Waals surface area contributed by atoms with Crippen molar-refractivity contribution in [1.82, 2.24) is 9.78 Å². The minimum atomic E-state index is -0.654. The number of hydrogen-bond acceptors (Lipinski definition) is 5. The van der Waals surface area contributed by atoms with Crippen molar-refractivity contribution in [2.24, 2.45) is 5.16 Å². The molecule has 0 radical (unpaired) electrons. The van der Waals surface area contributed by atoms with Crippen molar-refractivity contribution >= 4 is 23.8 Å². The maximum absolute atomic E-state index is 13.2. The van der Waals surface area contributed by atoms with Gasteiger partial charge < -0.3 is 9.57 Å². The Morgan fingerprint density at radius 3 is 2.74 bits per heavy atom. The standard InChI is InChI=1S/C19H15ClFN3O3/c1-26-19(25)17-16(11-22-27-12-13-6-5-7-14(21)10-13)18(20)24(23-17)15-8-3-2-4-9-15/h2-11H,12H2,1H3/b22-11+. The summed E-state index contributed by atoms with van der Waals surface area (Å²) < 4.78 is 19.3. The van der Waals surface area contributed by atoms with E-state index in [9.17, 15) is 9.18 Å².